The van der Waals surface area contributed by atoms with Crippen molar-refractivity contribution in [2.24, 2.45) is 4.99 Å². The molecule has 33 heavy (non-hydrogen) atoms. The number of rotatable bonds is 6. The third-order valence-corrected chi connectivity index (χ3v) is 6.06. The van der Waals surface area contributed by atoms with Crippen LogP contribution in [0.15, 0.2) is 53.8 Å². The van der Waals surface area contributed by atoms with Gasteiger partial charge in [-0.2, -0.15) is 0 Å². The van der Waals surface area contributed by atoms with E-state index in [1.165, 1.54) is 12.5 Å². The molecule has 1 aliphatic rings. The molecule has 1 unspecified atom stereocenters. The van der Waals surface area contributed by atoms with E-state index < -0.39 is 0 Å². The second-order valence-corrected chi connectivity index (χ2v) is 8.36. The lowest BCUT2D eigenvalue weighted by atomic mass is 9.93. The van der Waals surface area contributed by atoms with E-state index in [1.807, 2.05) is 25.1 Å². The van der Waals surface area contributed by atoms with Crippen molar-refractivity contribution in [2.75, 3.05) is 25.3 Å². The maximum Gasteiger partial charge on any atom is 0.242 e. The Labute approximate surface area is 195 Å². The third kappa shape index (κ3) is 5.10. The molecule has 3 aromatic rings. The molecule has 0 aliphatic carbocycles. The molecule has 1 aliphatic heterocycles. The molecule has 0 spiro atoms. The Hall–Kier alpha value is -3.16. The van der Waals surface area contributed by atoms with Crippen molar-refractivity contribution in [3.8, 4) is 0 Å². The van der Waals surface area contributed by atoms with Gasteiger partial charge in [0.25, 0.3) is 0 Å². The monoisotopic (exact) mass is 445 g/mol. The van der Waals surface area contributed by atoms with Crippen molar-refractivity contribution in [3.63, 3.8) is 0 Å². The van der Waals surface area contributed by atoms with Gasteiger partial charge in [0.05, 0.1) is 17.8 Å². The molecule has 4 rings (SSSR count). The number of benzene rings is 2. The van der Waals surface area contributed by atoms with Crippen molar-refractivity contribution in [2.45, 2.75) is 46.1 Å². The van der Waals surface area contributed by atoms with E-state index in [-0.39, 0.29) is 11.9 Å². The molecular weight excluding hydrogens is 414 g/mol. The van der Waals surface area contributed by atoms with Gasteiger partial charge in [-0.05, 0) is 62.2 Å². The molecule has 7 heteroatoms. The van der Waals surface area contributed by atoms with Crippen LogP contribution in [0.25, 0.3) is 10.9 Å². The average Bonchev–Trinajstić information content (AvgIpc) is 2.83. The molecule has 1 amide bonds. The molecular formula is C26H31N5O2. The van der Waals surface area contributed by atoms with Gasteiger partial charge < -0.3 is 0 Å². The molecule has 2 heterocycles. The lowest BCUT2D eigenvalue weighted by Crippen LogP contribution is -2.34. The molecule has 1 atom stereocenters. The smallest absolute Gasteiger partial charge is 0.242 e. The van der Waals surface area contributed by atoms with Gasteiger partial charge in [0, 0.05) is 37.0 Å². The summed E-state index contributed by atoms with van der Waals surface area (Å²) >= 11 is 0. The van der Waals surface area contributed by atoms with Crippen molar-refractivity contribution >= 4 is 34.0 Å². The van der Waals surface area contributed by atoms with E-state index in [4.69, 9.17) is 4.84 Å². The highest BCUT2D eigenvalue weighted by Gasteiger charge is 2.26. The van der Waals surface area contributed by atoms with Gasteiger partial charge in [0.2, 0.25) is 5.91 Å². The standard InChI is InChI=1S/C26H31N5O2/c1-5-19-8-7-9-22(14-19)31(33-6-2)26-23-15-20(10-11-24(23)27-17-28-26)25-16-21(29-18(3)32)12-13-30(25)4/h7-11,14-15,17,25H,5-6,12-13,16H2,1-4H3. The van der Waals surface area contributed by atoms with Crippen LogP contribution in [-0.4, -0.2) is 46.7 Å². The molecule has 1 fully saturated rings. The zero-order valence-electron chi connectivity index (χ0n) is 19.8. The van der Waals surface area contributed by atoms with E-state index in [0.717, 1.165) is 53.7 Å². The normalized spacial score (nSPS) is 18.1. The van der Waals surface area contributed by atoms with Crippen molar-refractivity contribution < 1.29 is 9.63 Å². The fourth-order valence-electron chi connectivity index (χ4n) is 4.36. The molecule has 172 valence electrons. The Morgan fingerprint density at radius 3 is 2.82 bits per heavy atom. The highest BCUT2D eigenvalue weighted by Crippen LogP contribution is 2.35. The molecule has 2 aromatic carbocycles. The molecule has 7 nitrogen and oxygen atoms in total. The Balaban J connectivity index is 1.78. The van der Waals surface area contributed by atoms with Crippen LogP contribution in [0.3, 0.4) is 0 Å². The predicted octanol–water partition coefficient (Wildman–Crippen LogP) is 5.04. The van der Waals surface area contributed by atoms with E-state index >= 15 is 0 Å². The fourth-order valence-corrected chi connectivity index (χ4v) is 4.36. The third-order valence-electron chi connectivity index (χ3n) is 6.06. The minimum Gasteiger partial charge on any atom is -0.299 e. The SMILES string of the molecule is CCON(c1cccc(CC)c1)c1ncnc2ccc(C3CC(=NC(C)=O)CCN3C)cc12. The van der Waals surface area contributed by atoms with Crippen LogP contribution < -0.4 is 5.06 Å². The molecule has 0 N–H and O–H groups in total. The van der Waals surface area contributed by atoms with Crippen molar-refractivity contribution in [1.82, 2.24) is 14.9 Å². The van der Waals surface area contributed by atoms with Gasteiger partial charge in [0.1, 0.15) is 6.33 Å². The Kier molecular flexibility index (Phi) is 7.11. The minimum absolute atomic E-state index is 0.135. The number of aryl methyl sites for hydroxylation is 1. The average molecular weight is 446 g/mol. The number of nitrogens with zero attached hydrogens (tertiary/aromatic N) is 5. The maximum atomic E-state index is 11.5. The van der Waals surface area contributed by atoms with E-state index in [0.29, 0.717) is 12.4 Å². The van der Waals surface area contributed by atoms with Crippen LogP contribution in [0.4, 0.5) is 11.5 Å². The second-order valence-electron chi connectivity index (χ2n) is 8.36. The Bertz CT molecular complexity index is 1180. The number of piperidine rings is 1. The first kappa shape index (κ1) is 23.0. The summed E-state index contributed by atoms with van der Waals surface area (Å²) < 4.78 is 0. The van der Waals surface area contributed by atoms with Crippen LogP contribution in [0.1, 0.15) is 50.8 Å². The summed E-state index contributed by atoms with van der Waals surface area (Å²) in [6, 6.07) is 14.8. The van der Waals surface area contributed by atoms with Gasteiger partial charge >= 0.3 is 0 Å². The lowest BCUT2D eigenvalue weighted by molar-refractivity contribution is -0.115. The number of likely N-dealkylation sites (tertiary alicyclic amines) is 1. The quantitative estimate of drug-likeness (QED) is 0.495. The summed E-state index contributed by atoms with van der Waals surface area (Å²) in [7, 11) is 2.12. The van der Waals surface area contributed by atoms with Crippen molar-refractivity contribution in [1.29, 1.82) is 0 Å². The number of hydrogen-bond acceptors (Lipinski definition) is 6. The second kappa shape index (κ2) is 10.2. The van der Waals surface area contributed by atoms with Crippen LogP contribution in [0.5, 0.6) is 0 Å². The van der Waals surface area contributed by atoms with E-state index in [9.17, 15) is 4.79 Å². The van der Waals surface area contributed by atoms with Gasteiger partial charge in [-0.25, -0.2) is 20.0 Å². The molecule has 1 saturated heterocycles. The predicted molar refractivity (Wildman–Crippen MR) is 132 cm³/mol. The summed E-state index contributed by atoms with van der Waals surface area (Å²) in [5.41, 5.74) is 5.14. The number of carbonyl (C=O) groups is 1. The number of carbonyl (C=O) groups excluding carboxylic acids is 1. The lowest BCUT2D eigenvalue weighted by Gasteiger charge is -2.34. The Morgan fingerprint density at radius 1 is 1.21 bits per heavy atom. The topological polar surface area (TPSA) is 70.9 Å². The number of anilines is 2. The highest BCUT2D eigenvalue weighted by atomic mass is 16.7. The number of aliphatic imine (C=N–C) groups is 1. The molecule has 1 aromatic heterocycles. The van der Waals surface area contributed by atoms with Gasteiger partial charge in [-0.1, -0.05) is 25.1 Å². The first-order chi connectivity index (χ1) is 16.0. The minimum atomic E-state index is -0.135. The number of fused-ring (bicyclic) bond motifs is 1. The number of hydrogen-bond donors (Lipinski definition) is 0. The zero-order chi connectivity index (χ0) is 23.4. The summed E-state index contributed by atoms with van der Waals surface area (Å²) in [5, 5.41) is 2.73. The molecule has 0 bridgehead atoms. The van der Waals surface area contributed by atoms with E-state index in [2.05, 4.69) is 58.1 Å². The summed E-state index contributed by atoms with van der Waals surface area (Å²) in [4.78, 5) is 33.3. The highest BCUT2D eigenvalue weighted by molar-refractivity contribution is 5.96. The van der Waals surface area contributed by atoms with Crippen molar-refractivity contribution in [3.05, 3.63) is 59.9 Å². The summed E-state index contributed by atoms with van der Waals surface area (Å²) in [6.45, 7) is 6.99. The maximum absolute atomic E-state index is 11.5. The van der Waals surface area contributed by atoms with Gasteiger partial charge in [-0.3, -0.25) is 14.5 Å². The first-order valence-electron chi connectivity index (χ1n) is 11.5. The number of amides is 1. The Morgan fingerprint density at radius 2 is 2.06 bits per heavy atom. The van der Waals surface area contributed by atoms with Crippen LogP contribution in [0.2, 0.25) is 0 Å². The van der Waals surface area contributed by atoms with Gasteiger partial charge in [-0.15, -0.1) is 0 Å². The van der Waals surface area contributed by atoms with Gasteiger partial charge in [0.15, 0.2) is 5.82 Å². The van der Waals surface area contributed by atoms with Crippen LogP contribution >= 0.6 is 0 Å². The number of aromatic nitrogens is 2. The zero-order valence-corrected chi connectivity index (χ0v) is 19.8. The largest absolute Gasteiger partial charge is 0.299 e. The fraction of sp³-hybridized carbons (Fsp3) is 0.385. The summed E-state index contributed by atoms with van der Waals surface area (Å²) in [6.07, 6.45) is 4.08. The summed E-state index contributed by atoms with van der Waals surface area (Å²) in [5.74, 6) is 0.581. The van der Waals surface area contributed by atoms with E-state index in [1.54, 1.807) is 11.4 Å². The molecule has 0 saturated carbocycles. The molecule has 0 radical (unpaired) electrons. The van der Waals surface area contributed by atoms with Crippen LogP contribution in [0, 0.1) is 0 Å². The first-order valence-corrected chi connectivity index (χ1v) is 11.5. The van der Waals surface area contributed by atoms with Crippen LogP contribution in [-0.2, 0) is 16.1 Å².